The van der Waals surface area contributed by atoms with Gasteiger partial charge in [0.2, 0.25) is 17.7 Å². The third kappa shape index (κ3) is 5.72. The SMILES string of the molecule is Cc1cc(C)c(NC(=O)CNC(=O)[C@H](C)NC(=O)Cc2cccc3ccccc23)c(C)c1. The average molecular weight is 432 g/mol. The summed E-state index contributed by atoms with van der Waals surface area (Å²) in [6.45, 7) is 7.29. The summed E-state index contributed by atoms with van der Waals surface area (Å²) < 4.78 is 0. The van der Waals surface area contributed by atoms with Crippen LogP contribution in [0.25, 0.3) is 10.8 Å². The van der Waals surface area contributed by atoms with Crippen LogP contribution < -0.4 is 16.0 Å². The fourth-order valence-electron chi connectivity index (χ4n) is 3.86. The van der Waals surface area contributed by atoms with Crippen molar-refractivity contribution >= 4 is 34.2 Å². The van der Waals surface area contributed by atoms with Crippen molar-refractivity contribution < 1.29 is 14.4 Å². The van der Waals surface area contributed by atoms with Crippen LogP contribution >= 0.6 is 0 Å². The van der Waals surface area contributed by atoms with Crippen molar-refractivity contribution in [3.63, 3.8) is 0 Å². The van der Waals surface area contributed by atoms with E-state index in [2.05, 4.69) is 16.0 Å². The maximum absolute atomic E-state index is 12.5. The summed E-state index contributed by atoms with van der Waals surface area (Å²) in [4.78, 5) is 37.2. The molecule has 0 aliphatic carbocycles. The van der Waals surface area contributed by atoms with Crippen LogP contribution in [-0.4, -0.2) is 30.3 Å². The van der Waals surface area contributed by atoms with Crippen LogP contribution in [0.15, 0.2) is 54.6 Å². The Bertz CT molecular complexity index is 1140. The number of carbonyl (C=O) groups is 3. The molecule has 3 N–H and O–H groups in total. The first-order chi connectivity index (χ1) is 15.2. The lowest BCUT2D eigenvalue weighted by Crippen LogP contribution is -2.47. The van der Waals surface area contributed by atoms with E-state index in [0.717, 1.165) is 38.7 Å². The van der Waals surface area contributed by atoms with E-state index in [9.17, 15) is 14.4 Å². The zero-order valence-corrected chi connectivity index (χ0v) is 18.9. The van der Waals surface area contributed by atoms with Crippen molar-refractivity contribution in [3.8, 4) is 0 Å². The Morgan fingerprint density at radius 1 is 0.875 bits per heavy atom. The summed E-state index contributed by atoms with van der Waals surface area (Å²) >= 11 is 0. The number of fused-ring (bicyclic) bond motifs is 1. The van der Waals surface area contributed by atoms with Crippen LogP contribution in [0.2, 0.25) is 0 Å². The summed E-state index contributed by atoms with van der Waals surface area (Å²) in [5, 5.41) is 10.2. The lowest BCUT2D eigenvalue weighted by Gasteiger charge is -2.16. The quantitative estimate of drug-likeness (QED) is 0.534. The van der Waals surface area contributed by atoms with Crippen molar-refractivity contribution in [2.45, 2.75) is 40.2 Å². The second-order valence-electron chi connectivity index (χ2n) is 8.14. The van der Waals surface area contributed by atoms with Gasteiger partial charge in [-0.25, -0.2) is 0 Å². The third-order valence-corrected chi connectivity index (χ3v) is 5.37. The predicted octanol–water partition coefficient (Wildman–Crippen LogP) is 3.57. The summed E-state index contributed by atoms with van der Waals surface area (Å²) in [6.07, 6.45) is 0.172. The number of hydrogen-bond acceptors (Lipinski definition) is 3. The van der Waals surface area contributed by atoms with Gasteiger partial charge in [-0.05, 0) is 55.2 Å². The highest BCUT2D eigenvalue weighted by molar-refractivity contribution is 5.97. The first-order valence-electron chi connectivity index (χ1n) is 10.7. The van der Waals surface area contributed by atoms with Gasteiger partial charge in [-0.15, -0.1) is 0 Å². The summed E-state index contributed by atoms with van der Waals surface area (Å²) in [5.41, 5.74) is 4.72. The highest BCUT2D eigenvalue weighted by Gasteiger charge is 2.17. The average Bonchev–Trinajstić information content (AvgIpc) is 2.74. The minimum Gasteiger partial charge on any atom is -0.345 e. The summed E-state index contributed by atoms with van der Waals surface area (Å²) in [7, 11) is 0. The second-order valence-corrected chi connectivity index (χ2v) is 8.14. The molecular weight excluding hydrogens is 402 g/mol. The van der Waals surface area contributed by atoms with E-state index < -0.39 is 11.9 Å². The third-order valence-electron chi connectivity index (χ3n) is 5.37. The molecule has 0 aliphatic heterocycles. The molecule has 3 aromatic carbocycles. The number of benzene rings is 3. The van der Waals surface area contributed by atoms with Crippen molar-refractivity contribution in [2.75, 3.05) is 11.9 Å². The van der Waals surface area contributed by atoms with Gasteiger partial charge in [0.25, 0.3) is 0 Å². The van der Waals surface area contributed by atoms with Gasteiger partial charge in [0.15, 0.2) is 0 Å². The lowest BCUT2D eigenvalue weighted by molar-refractivity contribution is -0.129. The Morgan fingerprint density at radius 2 is 1.53 bits per heavy atom. The number of hydrogen-bond donors (Lipinski definition) is 3. The molecule has 0 unspecified atom stereocenters. The maximum atomic E-state index is 12.5. The van der Waals surface area contributed by atoms with Crippen molar-refractivity contribution in [2.24, 2.45) is 0 Å². The lowest BCUT2D eigenvalue weighted by atomic mass is 10.0. The van der Waals surface area contributed by atoms with Crippen LogP contribution in [0.1, 0.15) is 29.2 Å². The first kappa shape index (κ1) is 23.0. The number of amides is 3. The van der Waals surface area contributed by atoms with Gasteiger partial charge in [0.05, 0.1) is 13.0 Å². The molecule has 32 heavy (non-hydrogen) atoms. The number of carbonyl (C=O) groups excluding carboxylic acids is 3. The molecule has 0 fully saturated rings. The van der Waals surface area contributed by atoms with Gasteiger partial charge in [0.1, 0.15) is 6.04 Å². The molecule has 6 heteroatoms. The Labute approximate surface area is 188 Å². The molecule has 166 valence electrons. The van der Waals surface area contributed by atoms with Gasteiger partial charge >= 0.3 is 0 Å². The minimum absolute atomic E-state index is 0.172. The molecule has 3 rings (SSSR count). The van der Waals surface area contributed by atoms with Crippen LogP contribution in [0.3, 0.4) is 0 Å². The van der Waals surface area contributed by atoms with Crippen LogP contribution in [0, 0.1) is 20.8 Å². The highest BCUT2D eigenvalue weighted by atomic mass is 16.2. The molecule has 3 aromatic rings. The van der Waals surface area contributed by atoms with E-state index in [1.807, 2.05) is 75.4 Å². The molecule has 0 aliphatic rings. The molecular formula is C26H29N3O3. The summed E-state index contributed by atoms with van der Waals surface area (Å²) in [5.74, 6) is -0.981. The molecule has 6 nitrogen and oxygen atoms in total. The molecule has 1 atom stereocenters. The Kier molecular flexibility index (Phi) is 7.25. The molecule has 0 bridgehead atoms. The molecule has 0 saturated heterocycles. The smallest absolute Gasteiger partial charge is 0.243 e. The van der Waals surface area contributed by atoms with E-state index in [-0.39, 0.29) is 24.8 Å². The number of rotatable bonds is 7. The van der Waals surface area contributed by atoms with Crippen molar-refractivity contribution in [1.29, 1.82) is 0 Å². The first-order valence-corrected chi connectivity index (χ1v) is 10.7. The highest BCUT2D eigenvalue weighted by Crippen LogP contribution is 2.21. The molecule has 0 radical (unpaired) electrons. The van der Waals surface area contributed by atoms with Crippen LogP contribution in [0.4, 0.5) is 5.69 Å². The number of nitrogens with one attached hydrogen (secondary N) is 3. The number of anilines is 1. The molecule has 0 heterocycles. The van der Waals surface area contributed by atoms with E-state index in [1.54, 1.807) is 6.92 Å². The van der Waals surface area contributed by atoms with Gasteiger partial charge < -0.3 is 16.0 Å². The fraction of sp³-hybridized carbons (Fsp3) is 0.269. The summed E-state index contributed by atoms with van der Waals surface area (Å²) in [6, 6.07) is 16.9. The van der Waals surface area contributed by atoms with Crippen LogP contribution in [-0.2, 0) is 20.8 Å². The predicted molar refractivity (Wildman–Crippen MR) is 128 cm³/mol. The van der Waals surface area contributed by atoms with Gasteiger partial charge in [-0.3, -0.25) is 14.4 Å². The minimum atomic E-state index is -0.756. The van der Waals surface area contributed by atoms with Gasteiger partial charge in [-0.1, -0.05) is 60.2 Å². The standard InChI is InChI=1S/C26H29N3O3/c1-16-12-17(2)25(18(3)13-16)29-24(31)15-27-26(32)19(4)28-23(30)14-21-10-7-9-20-8-5-6-11-22(20)21/h5-13,19H,14-15H2,1-4H3,(H,27,32)(H,28,30)(H,29,31)/t19-/m0/s1. The zero-order chi connectivity index (χ0) is 23.3. The van der Waals surface area contributed by atoms with E-state index >= 15 is 0 Å². The maximum Gasteiger partial charge on any atom is 0.243 e. The Hall–Kier alpha value is -3.67. The molecule has 0 aromatic heterocycles. The normalized spacial score (nSPS) is 11.6. The zero-order valence-electron chi connectivity index (χ0n) is 18.9. The molecule has 0 saturated carbocycles. The monoisotopic (exact) mass is 431 g/mol. The molecule has 3 amide bonds. The van der Waals surface area contributed by atoms with Gasteiger partial charge in [-0.2, -0.15) is 0 Å². The van der Waals surface area contributed by atoms with E-state index in [4.69, 9.17) is 0 Å². The Balaban J connectivity index is 1.51. The number of aryl methyl sites for hydroxylation is 3. The fourth-order valence-corrected chi connectivity index (χ4v) is 3.86. The largest absolute Gasteiger partial charge is 0.345 e. The Morgan fingerprint density at radius 3 is 2.25 bits per heavy atom. The van der Waals surface area contributed by atoms with Crippen LogP contribution in [0.5, 0.6) is 0 Å². The van der Waals surface area contributed by atoms with E-state index in [0.29, 0.717) is 0 Å². The van der Waals surface area contributed by atoms with Gasteiger partial charge in [0, 0.05) is 5.69 Å². The second kappa shape index (κ2) is 10.1. The van der Waals surface area contributed by atoms with E-state index in [1.165, 1.54) is 0 Å². The topological polar surface area (TPSA) is 87.3 Å². The van der Waals surface area contributed by atoms with Crippen molar-refractivity contribution in [3.05, 3.63) is 76.9 Å². The van der Waals surface area contributed by atoms with Crippen molar-refractivity contribution in [1.82, 2.24) is 10.6 Å². The molecule has 0 spiro atoms.